The van der Waals surface area contributed by atoms with Crippen LogP contribution >= 0.6 is 0 Å². The molecule has 0 aromatic heterocycles. The molecule has 10 heavy (non-hydrogen) atoms. The molecular weight excluding hydrogens is 128 g/mol. The summed E-state index contributed by atoms with van der Waals surface area (Å²) in [6.07, 6.45) is 2.66. The highest BCUT2D eigenvalue weighted by molar-refractivity contribution is 4.62. The second-order valence-corrected chi connectivity index (χ2v) is 2.87. The standard InChI is InChI=1S/C8H18O2/c1-3-4-5-8(10)7(2)6-9/h7-10H,3-6H2,1-2H3/t7-,8+/m0/s1. The Labute approximate surface area is 62.9 Å². The summed E-state index contributed by atoms with van der Waals surface area (Å²) in [7, 11) is 0. The zero-order valence-corrected chi connectivity index (χ0v) is 6.88. The molecule has 0 rings (SSSR count). The summed E-state index contributed by atoms with van der Waals surface area (Å²) in [4.78, 5) is 0. The minimum Gasteiger partial charge on any atom is -0.396 e. The largest absolute Gasteiger partial charge is 0.396 e. The van der Waals surface area contributed by atoms with Crippen LogP contribution in [0.3, 0.4) is 0 Å². The first-order chi connectivity index (χ1) is 4.72. The van der Waals surface area contributed by atoms with Gasteiger partial charge in [0, 0.05) is 12.5 Å². The second-order valence-electron chi connectivity index (χ2n) is 2.87. The minimum absolute atomic E-state index is 0.0338. The van der Waals surface area contributed by atoms with Gasteiger partial charge in [0.2, 0.25) is 0 Å². The Morgan fingerprint density at radius 3 is 2.40 bits per heavy atom. The Hall–Kier alpha value is -0.0800. The highest BCUT2D eigenvalue weighted by Gasteiger charge is 2.11. The highest BCUT2D eigenvalue weighted by atomic mass is 16.3. The van der Waals surface area contributed by atoms with E-state index in [2.05, 4.69) is 6.92 Å². The number of hydrogen-bond donors (Lipinski definition) is 2. The van der Waals surface area contributed by atoms with E-state index < -0.39 is 0 Å². The van der Waals surface area contributed by atoms with Crippen LogP contribution in [0, 0.1) is 5.92 Å². The van der Waals surface area contributed by atoms with Gasteiger partial charge in [-0.1, -0.05) is 26.7 Å². The SMILES string of the molecule is CCCC[C@@H](O)[C@@H](C)CO. The van der Waals surface area contributed by atoms with Crippen molar-refractivity contribution < 1.29 is 10.2 Å². The van der Waals surface area contributed by atoms with Crippen molar-refractivity contribution in [1.82, 2.24) is 0 Å². The number of rotatable bonds is 5. The molecule has 2 heteroatoms. The number of unbranched alkanes of at least 4 members (excludes halogenated alkanes) is 1. The molecule has 2 nitrogen and oxygen atoms in total. The maximum absolute atomic E-state index is 9.29. The number of aliphatic hydroxyl groups excluding tert-OH is 2. The Balaban J connectivity index is 3.31. The number of hydrogen-bond acceptors (Lipinski definition) is 2. The fraction of sp³-hybridized carbons (Fsp3) is 1.00. The molecule has 0 aliphatic carbocycles. The molecule has 0 fully saturated rings. The van der Waals surface area contributed by atoms with Crippen molar-refractivity contribution in [2.24, 2.45) is 5.92 Å². The molecule has 2 atom stereocenters. The normalized spacial score (nSPS) is 16.8. The van der Waals surface area contributed by atoms with E-state index in [9.17, 15) is 5.11 Å². The van der Waals surface area contributed by atoms with Crippen LogP contribution in [0.1, 0.15) is 33.1 Å². The third kappa shape index (κ3) is 3.85. The van der Waals surface area contributed by atoms with Gasteiger partial charge in [-0.05, 0) is 6.42 Å². The smallest absolute Gasteiger partial charge is 0.0587 e. The van der Waals surface area contributed by atoms with Crippen molar-refractivity contribution in [3.8, 4) is 0 Å². The van der Waals surface area contributed by atoms with E-state index in [1.807, 2.05) is 6.92 Å². The molecule has 0 saturated carbocycles. The highest BCUT2D eigenvalue weighted by Crippen LogP contribution is 2.09. The van der Waals surface area contributed by atoms with Crippen molar-refractivity contribution in [1.29, 1.82) is 0 Å². The zero-order chi connectivity index (χ0) is 7.98. The predicted molar refractivity (Wildman–Crippen MR) is 41.8 cm³/mol. The van der Waals surface area contributed by atoms with Crippen LogP contribution in [0.4, 0.5) is 0 Å². The Kier molecular flexibility index (Phi) is 5.64. The zero-order valence-electron chi connectivity index (χ0n) is 6.88. The van der Waals surface area contributed by atoms with E-state index in [4.69, 9.17) is 5.11 Å². The van der Waals surface area contributed by atoms with E-state index in [-0.39, 0.29) is 18.6 Å². The molecule has 0 bridgehead atoms. The lowest BCUT2D eigenvalue weighted by atomic mass is 10.0. The summed E-state index contributed by atoms with van der Waals surface area (Å²) in [5, 5.41) is 17.9. The van der Waals surface area contributed by atoms with Crippen molar-refractivity contribution >= 4 is 0 Å². The summed E-state index contributed by atoms with van der Waals surface area (Å²) in [5.41, 5.74) is 0. The molecule has 0 spiro atoms. The van der Waals surface area contributed by atoms with Gasteiger partial charge in [-0.3, -0.25) is 0 Å². The van der Waals surface area contributed by atoms with Gasteiger partial charge in [0.25, 0.3) is 0 Å². The van der Waals surface area contributed by atoms with Gasteiger partial charge in [-0.25, -0.2) is 0 Å². The van der Waals surface area contributed by atoms with Crippen molar-refractivity contribution in [3.05, 3.63) is 0 Å². The summed E-state index contributed by atoms with van der Waals surface area (Å²) in [5.74, 6) is 0.0338. The third-order valence-electron chi connectivity index (χ3n) is 1.80. The summed E-state index contributed by atoms with van der Waals surface area (Å²) in [6.45, 7) is 4.04. The van der Waals surface area contributed by atoms with Crippen LogP contribution in [0.15, 0.2) is 0 Å². The molecule has 0 saturated heterocycles. The topological polar surface area (TPSA) is 40.5 Å². The predicted octanol–water partition coefficient (Wildman–Crippen LogP) is 1.17. The van der Waals surface area contributed by atoms with E-state index >= 15 is 0 Å². The van der Waals surface area contributed by atoms with E-state index in [1.165, 1.54) is 0 Å². The van der Waals surface area contributed by atoms with Crippen LogP contribution in [0.2, 0.25) is 0 Å². The lowest BCUT2D eigenvalue weighted by molar-refractivity contribution is 0.0689. The van der Waals surface area contributed by atoms with Gasteiger partial charge < -0.3 is 10.2 Å². The number of aliphatic hydroxyl groups is 2. The Morgan fingerprint density at radius 1 is 1.40 bits per heavy atom. The Bertz CT molecular complexity index is 73.7. The van der Waals surface area contributed by atoms with Crippen LogP contribution in [0.25, 0.3) is 0 Å². The molecule has 0 heterocycles. The lowest BCUT2D eigenvalue weighted by Gasteiger charge is -2.15. The van der Waals surface area contributed by atoms with Gasteiger partial charge in [0.1, 0.15) is 0 Å². The fourth-order valence-corrected chi connectivity index (χ4v) is 0.819. The third-order valence-corrected chi connectivity index (χ3v) is 1.80. The molecule has 2 N–H and O–H groups in total. The summed E-state index contributed by atoms with van der Waals surface area (Å²) >= 11 is 0. The van der Waals surface area contributed by atoms with Gasteiger partial charge in [0.15, 0.2) is 0 Å². The van der Waals surface area contributed by atoms with E-state index in [0.717, 1.165) is 19.3 Å². The summed E-state index contributed by atoms with van der Waals surface area (Å²) in [6, 6.07) is 0. The molecule has 0 aromatic rings. The second kappa shape index (κ2) is 5.69. The van der Waals surface area contributed by atoms with Crippen LogP contribution < -0.4 is 0 Å². The van der Waals surface area contributed by atoms with Crippen LogP contribution in [-0.4, -0.2) is 22.9 Å². The summed E-state index contributed by atoms with van der Waals surface area (Å²) < 4.78 is 0. The molecule has 0 aliphatic heterocycles. The van der Waals surface area contributed by atoms with Crippen molar-refractivity contribution in [3.63, 3.8) is 0 Å². The Morgan fingerprint density at radius 2 is 2.00 bits per heavy atom. The monoisotopic (exact) mass is 146 g/mol. The van der Waals surface area contributed by atoms with E-state index in [1.54, 1.807) is 0 Å². The van der Waals surface area contributed by atoms with E-state index in [0.29, 0.717) is 0 Å². The first-order valence-corrected chi connectivity index (χ1v) is 4.01. The quantitative estimate of drug-likeness (QED) is 0.611. The lowest BCUT2D eigenvalue weighted by Crippen LogP contribution is -2.20. The molecule has 0 aliphatic rings. The molecular formula is C8H18O2. The molecule has 62 valence electrons. The average Bonchev–Trinajstić information content (AvgIpc) is 1.98. The minimum atomic E-state index is -0.315. The molecule has 0 aromatic carbocycles. The fourth-order valence-electron chi connectivity index (χ4n) is 0.819. The first-order valence-electron chi connectivity index (χ1n) is 4.01. The first kappa shape index (κ1) is 9.92. The maximum atomic E-state index is 9.29. The van der Waals surface area contributed by atoms with Crippen LogP contribution in [0.5, 0.6) is 0 Å². The molecule has 0 amide bonds. The average molecular weight is 146 g/mol. The van der Waals surface area contributed by atoms with Gasteiger partial charge in [-0.15, -0.1) is 0 Å². The molecule has 0 unspecified atom stereocenters. The van der Waals surface area contributed by atoms with Gasteiger partial charge in [0.05, 0.1) is 6.10 Å². The molecule has 0 radical (unpaired) electrons. The maximum Gasteiger partial charge on any atom is 0.0587 e. The van der Waals surface area contributed by atoms with Gasteiger partial charge >= 0.3 is 0 Å². The van der Waals surface area contributed by atoms with Crippen LogP contribution in [-0.2, 0) is 0 Å². The van der Waals surface area contributed by atoms with Crippen molar-refractivity contribution in [2.75, 3.05) is 6.61 Å². The van der Waals surface area contributed by atoms with Crippen molar-refractivity contribution in [2.45, 2.75) is 39.2 Å². The van der Waals surface area contributed by atoms with Gasteiger partial charge in [-0.2, -0.15) is 0 Å².